The van der Waals surface area contributed by atoms with Crippen molar-refractivity contribution in [1.82, 2.24) is 5.32 Å². The van der Waals surface area contributed by atoms with E-state index in [-0.39, 0.29) is 17.2 Å². The van der Waals surface area contributed by atoms with Crippen LogP contribution in [0.5, 0.6) is 0 Å². The summed E-state index contributed by atoms with van der Waals surface area (Å²) in [5.41, 5.74) is 12.5. The van der Waals surface area contributed by atoms with Crippen molar-refractivity contribution in [2.45, 2.75) is 12.6 Å². The number of amides is 2. The minimum Gasteiger partial charge on any atom is -0.398 e. The molecule has 7 heteroatoms. The molecule has 2 aromatic carbocycles. The molecule has 2 rings (SSSR count). The van der Waals surface area contributed by atoms with E-state index in [0.717, 1.165) is 5.56 Å². The van der Waals surface area contributed by atoms with Crippen molar-refractivity contribution in [2.24, 2.45) is 5.73 Å². The molecule has 0 aromatic heterocycles. The van der Waals surface area contributed by atoms with E-state index in [1.165, 1.54) is 18.2 Å². The Morgan fingerprint density at radius 1 is 1.17 bits per heavy atom. The van der Waals surface area contributed by atoms with Crippen LogP contribution in [-0.2, 0) is 16.1 Å². The molecule has 0 saturated heterocycles. The highest BCUT2D eigenvalue weighted by Gasteiger charge is 2.19. The third kappa shape index (κ3) is 4.97. The predicted octanol–water partition coefficient (Wildman–Crippen LogP) is 1.72. The number of carbonyl (C=O) groups is 2. The Morgan fingerprint density at radius 3 is 2.50 bits per heavy atom. The number of halogens is 1. The van der Waals surface area contributed by atoms with Gasteiger partial charge in [0.25, 0.3) is 5.91 Å². The normalized spacial score (nSPS) is 11.7. The number of carbonyl (C=O) groups excluding carboxylic acids is 2. The SMILES string of the molecule is NC(=O)[C@H](COCc1ccccc1)NC(=O)c1ccc(N)c(Cl)c1. The van der Waals surface area contributed by atoms with Crippen molar-refractivity contribution in [3.8, 4) is 0 Å². The van der Waals surface area contributed by atoms with Gasteiger partial charge in [0.2, 0.25) is 5.91 Å². The average Bonchev–Trinajstić information content (AvgIpc) is 2.57. The molecule has 0 aliphatic carbocycles. The molecule has 0 unspecified atom stereocenters. The van der Waals surface area contributed by atoms with Gasteiger partial charge >= 0.3 is 0 Å². The quantitative estimate of drug-likeness (QED) is 0.663. The molecule has 2 amide bonds. The summed E-state index contributed by atoms with van der Waals surface area (Å²) in [7, 11) is 0. The van der Waals surface area contributed by atoms with Crippen LogP contribution in [0.2, 0.25) is 5.02 Å². The average molecular weight is 348 g/mol. The van der Waals surface area contributed by atoms with E-state index in [9.17, 15) is 9.59 Å². The van der Waals surface area contributed by atoms with E-state index in [1.54, 1.807) is 0 Å². The zero-order valence-corrected chi connectivity index (χ0v) is 13.6. The fourth-order valence-corrected chi connectivity index (χ4v) is 2.15. The zero-order valence-electron chi connectivity index (χ0n) is 12.9. The lowest BCUT2D eigenvalue weighted by Gasteiger charge is -2.16. The first kappa shape index (κ1) is 17.8. The van der Waals surface area contributed by atoms with E-state index in [0.29, 0.717) is 12.3 Å². The maximum absolute atomic E-state index is 12.2. The highest BCUT2D eigenvalue weighted by Crippen LogP contribution is 2.19. The second kappa shape index (κ2) is 8.33. The third-order valence-electron chi connectivity index (χ3n) is 3.31. The van der Waals surface area contributed by atoms with Gasteiger partial charge in [-0.1, -0.05) is 41.9 Å². The Hall–Kier alpha value is -2.57. The van der Waals surface area contributed by atoms with Crippen molar-refractivity contribution in [2.75, 3.05) is 12.3 Å². The molecule has 0 heterocycles. The van der Waals surface area contributed by atoms with Crippen molar-refractivity contribution in [3.05, 3.63) is 64.7 Å². The first-order valence-electron chi connectivity index (χ1n) is 7.24. The van der Waals surface area contributed by atoms with Crippen LogP contribution in [0.3, 0.4) is 0 Å². The van der Waals surface area contributed by atoms with Crippen LogP contribution in [0.15, 0.2) is 48.5 Å². The first-order valence-corrected chi connectivity index (χ1v) is 7.62. The molecule has 0 radical (unpaired) electrons. The van der Waals surface area contributed by atoms with Gasteiger partial charge in [-0.05, 0) is 23.8 Å². The summed E-state index contributed by atoms with van der Waals surface area (Å²) in [5, 5.41) is 2.79. The summed E-state index contributed by atoms with van der Waals surface area (Å²) in [4.78, 5) is 23.7. The number of hydrogen-bond acceptors (Lipinski definition) is 4. The van der Waals surface area contributed by atoms with Gasteiger partial charge in [-0.3, -0.25) is 9.59 Å². The van der Waals surface area contributed by atoms with Gasteiger partial charge in [0.05, 0.1) is 23.9 Å². The van der Waals surface area contributed by atoms with E-state index in [1.807, 2.05) is 30.3 Å². The van der Waals surface area contributed by atoms with Gasteiger partial charge < -0.3 is 21.5 Å². The molecule has 0 saturated carbocycles. The number of nitrogens with two attached hydrogens (primary N) is 2. The first-order chi connectivity index (χ1) is 11.5. The number of ether oxygens (including phenoxy) is 1. The lowest BCUT2D eigenvalue weighted by molar-refractivity contribution is -0.121. The highest BCUT2D eigenvalue weighted by atomic mass is 35.5. The molecule has 24 heavy (non-hydrogen) atoms. The van der Waals surface area contributed by atoms with Crippen LogP contribution in [0, 0.1) is 0 Å². The lowest BCUT2D eigenvalue weighted by atomic mass is 10.1. The molecule has 0 spiro atoms. The summed E-state index contributed by atoms with van der Waals surface area (Å²) >= 11 is 5.89. The molecule has 0 fully saturated rings. The molecule has 5 N–H and O–H groups in total. The number of nitrogen functional groups attached to an aromatic ring is 1. The Bertz CT molecular complexity index is 722. The van der Waals surface area contributed by atoms with Crippen LogP contribution >= 0.6 is 11.6 Å². The predicted molar refractivity (Wildman–Crippen MR) is 92.4 cm³/mol. The number of rotatable bonds is 7. The molecule has 0 bridgehead atoms. The molecule has 1 atom stereocenters. The molecular formula is C17H18ClN3O3. The third-order valence-corrected chi connectivity index (χ3v) is 3.63. The van der Waals surface area contributed by atoms with Crippen LogP contribution in [0.4, 0.5) is 5.69 Å². The summed E-state index contributed by atoms with van der Waals surface area (Å²) < 4.78 is 5.46. The van der Waals surface area contributed by atoms with Crippen LogP contribution in [0.1, 0.15) is 15.9 Å². The van der Waals surface area contributed by atoms with E-state index < -0.39 is 17.9 Å². The zero-order chi connectivity index (χ0) is 17.5. The summed E-state index contributed by atoms with van der Waals surface area (Å²) in [5.74, 6) is -1.16. The van der Waals surface area contributed by atoms with E-state index in [4.69, 9.17) is 27.8 Å². The smallest absolute Gasteiger partial charge is 0.252 e. The van der Waals surface area contributed by atoms with Crippen LogP contribution < -0.4 is 16.8 Å². The van der Waals surface area contributed by atoms with Crippen molar-refractivity contribution >= 4 is 29.1 Å². The summed E-state index contributed by atoms with van der Waals surface area (Å²) in [6.45, 7) is 0.285. The second-order valence-electron chi connectivity index (χ2n) is 5.17. The lowest BCUT2D eigenvalue weighted by Crippen LogP contribution is -2.47. The van der Waals surface area contributed by atoms with Crippen molar-refractivity contribution in [1.29, 1.82) is 0 Å². The van der Waals surface area contributed by atoms with Gasteiger partial charge in [-0.15, -0.1) is 0 Å². The Kier molecular flexibility index (Phi) is 6.17. The molecule has 0 aliphatic rings. The molecular weight excluding hydrogens is 330 g/mol. The minimum atomic E-state index is -0.947. The van der Waals surface area contributed by atoms with Gasteiger partial charge in [0.15, 0.2) is 0 Å². The Balaban J connectivity index is 1.93. The van der Waals surface area contributed by atoms with Gasteiger partial charge in [-0.2, -0.15) is 0 Å². The highest BCUT2D eigenvalue weighted by molar-refractivity contribution is 6.33. The molecule has 0 aliphatic heterocycles. The number of benzene rings is 2. The molecule has 6 nitrogen and oxygen atoms in total. The van der Waals surface area contributed by atoms with Crippen LogP contribution in [-0.4, -0.2) is 24.5 Å². The van der Waals surface area contributed by atoms with Gasteiger partial charge in [-0.25, -0.2) is 0 Å². The van der Waals surface area contributed by atoms with Crippen LogP contribution in [0.25, 0.3) is 0 Å². The fourth-order valence-electron chi connectivity index (χ4n) is 1.97. The molecule has 2 aromatic rings. The number of anilines is 1. The maximum Gasteiger partial charge on any atom is 0.252 e. The Morgan fingerprint density at radius 2 is 1.88 bits per heavy atom. The number of nitrogens with one attached hydrogen (secondary N) is 1. The number of primary amides is 1. The van der Waals surface area contributed by atoms with Gasteiger partial charge in [0, 0.05) is 5.56 Å². The number of hydrogen-bond donors (Lipinski definition) is 3. The molecule has 126 valence electrons. The maximum atomic E-state index is 12.2. The second-order valence-corrected chi connectivity index (χ2v) is 5.57. The Labute approximate surface area is 144 Å². The van der Waals surface area contributed by atoms with Crippen molar-refractivity contribution in [3.63, 3.8) is 0 Å². The van der Waals surface area contributed by atoms with E-state index >= 15 is 0 Å². The van der Waals surface area contributed by atoms with E-state index in [2.05, 4.69) is 5.32 Å². The monoisotopic (exact) mass is 347 g/mol. The fraction of sp³-hybridized carbons (Fsp3) is 0.176. The summed E-state index contributed by atoms with van der Waals surface area (Å²) in [6, 6.07) is 13.0. The summed E-state index contributed by atoms with van der Waals surface area (Å²) in [6.07, 6.45) is 0. The van der Waals surface area contributed by atoms with Crippen molar-refractivity contribution < 1.29 is 14.3 Å². The topological polar surface area (TPSA) is 107 Å². The standard InChI is InChI=1S/C17H18ClN3O3/c18-13-8-12(6-7-14(13)19)17(23)21-15(16(20)22)10-24-9-11-4-2-1-3-5-11/h1-8,15H,9-10,19H2,(H2,20,22)(H,21,23)/t15-/m0/s1. The van der Waals surface area contributed by atoms with Gasteiger partial charge in [0.1, 0.15) is 6.04 Å². The largest absolute Gasteiger partial charge is 0.398 e. The minimum absolute atomic E-state index is 0.0291.